The molecule has 2 unspecified atom stereocenters. The highest BCUT2D eigenvalue weighted by atomic mass is 19.4. The van der Waals surface area contributed by atoms with Gasteiger partial charge < -0.3 is 0 Å². The van der Waals surface area contributed by atoms with Crippen molar-refractivity contribution >= 4 is 22.6 Å². The van der Waals surface area contributed by atoms with E-state index >= 15 is 0 Å². The lowest BCUT2D eigenvalue weighted by molar-refractivity contribution is -0.283. The minimum absolute atomic E-state index is 0.0677. The van der Waals surface area contributed by atoms with E-state index in [0.29, 0.717) is 12.8 Å². The van der Waals surface area contributed by atoms with E-state index in [0.717, 1.165) is 22.8 Å². The molecule has 2 N–H and O–H groups in total. The lowest BCUT2D eigenvalue weighted by atomic mass is 9.43. The van der Waals surface area contributed by atoms with Gasteiger partial charge in [-0.3, -0.25) is 20.4 Å². The van der Waals surface area contributed by atoms with E-state index in [9.17, 15) is 22.8 Å². The number of amides is 2. The van der Waals surface area contributed by atoms with Crippen LogP contribution < -0.4 is 10.9 Å². The molecule has 2 aromatic rings. The Morgan fingerprint density at radius 2 is 1.61 bits per heavy atom. The van der Waals surface area contributed by atoms with Crippen molar-refractivity contribution in [3.63, 3.8) is 0 Å². The third kappa shape index (κ3) is 3.48. The van der Waals surface area contributed by atoms with Gasteiger partial charge in [0.1, 0.15) is 0 Å². The first-order valence-corrected chi connectivity index (χ1v) is 10.8. The zero-order valence-corrected chi connectivity index (χ0v) is 17.1. The molecular formula is C24H25F3N2O2. The summed E-state index contributed by atoms with van der Waals surface area (Å²) >= 11 is 0. The molecule has 0 spiro atoms. The predicted octanol–water partition coefficient (Wildman–Crippen LogP) is 4.68. The lowest BCUT2D eigenvalue weighted by Gasteiger charge is -2.61. The van der Waals surface area contributed by atoms with Crippen LogP contribution in [0.1, 0.15) is 44.1 Å². The molecule has 2 aromatic carbocycles. The number of fused-ring (bicyclic) bond motifs is 1. The highest BCUT2D eigenvalue weighted by molar-refractivity contribution is 5.88. The van der Waals surface area contributed by atoms with E-state index in [1.807, 2.05) is 42.5 Å². The molecule has 4 aliphatic rings. The fourth-order valence-electron chi connectivity index (χ4n) is 6.70. The van der Waals surface area contributed by atoms with Crippen LogP contribution in [0, 0.1) is 22.7 Å². The Morgan fingerprint density at radius 3 is 2.29 bits per heavy atom. The average Bonchev–Trinajstić information content (AvgIpc) is 2.70. The van der Waals surface area contributed by atoms with Crippen LogP contribution in [0.25, 0.3) is 10.8 Å². The van der Waals surface area contributed by atoms with E-state index in [2.05, 4.69) is 10.9 Å². The molecule has 2 amide bonds. The molecule has 0 radical (unpaired) electrons. The molecule has 2 atom stereocenters. The quantitative estimate of drug-likeness (QED) is 0.695. The highest BCUT2D eigenvalue weighted by Gasteiger charge is 2.68. The van der Waals surface area contributed by atoms with Crippen LogP contribution in [-0.2, 0) is 16.0 Å². The monoisotopic (exact) mass is 430 g/mol. The highest BCUT2D eigenvalue weighted by Crippen LogP contribution is 2.69. The Morgan fingerprint density at radius 1 is 0.935 bits per heavy atom. The zero-order chi connectivity index (χ0) is 21.9. The third-order valence-corrected chi connectivity index (χ3v) is 7.64. The van der Waals surface area contributed by atoms with Crippen LogP contribution >= 0.6 is 0 Å². The summed E-state index contributed by atoms with van der Waals surface area (Å²) in [6, 6.07) is 13.5. The first kappa shape index (κ1) is 20.3. The molecule has 0 aliphatic heterocycles. The number of alkyl halides is 3. The van der Waals surface area contributed by atoms with Crippen molar-refractivity contribution < 1.29 is 22.8 Å². The minimum Gasteiger partial charge on any atom is -0.273 e. The van der Waals surface area contributed by atoms with Crippen LogP contribution in [0.5, 0.6) is 0 Å². The van der Waals surface area contributed by atoms with E-state index < -0.39 is 22.9 Å². The molecule has 0 saturated heterocycles. The Hall–Kier alpha value is -2.57. The maximum atomic E-state index is 13.9. The second kappa shape index (κ2) is 6.97. The maximum absolute atomic E-state index is 13.9. The molecule has 31 heavy (non-hydrogen) atoms. The van der Waals surface area contributed by atoms with Gasteiger partial charge in [0.25, 0.3) is 0 Å². The number of rotatable bonds is 3. The summed E-state index contributed by atoms with van der Waals surface area (Å²) in [7, 11) is 0. The summed E-state index contributed by atoms with van der Waals surface area (Å²) < 4.78 is 41.7. The van der Waals surface area contributed by atoms with Crippen LogP contribution in [0.2, 0.25) is 0 Å². The minimum atomic E-state index is -4.30. The topological polar surface area (TPSA) is 58.2 Å². The fraction of sp³-hybridized carbons (Fsp3) is 0.500. The molecular weight excluding hydrogens is 405 g/mol. The van der Waals surface area contributed by atoms with Gasteiger partial charge in [-0.1, -0.05) is 42.5 Å². The van der Waals surface area contributed by atoms with Crippen molar-refractivity contribution in [1.29, 1.82) is 0 Å². The molecule has 0 aromatic heterocycles. The number of carbonyl (C=O) groups excluding carboxylic acids is 2. The second-order valence-electron chi connectivity index (χ2n) is 9.88. The summed E-state index contributed by atoms with van der Waals surface area (Å²) in [5, 5.41) is 2.09. The number of hydrogen-bond donors (Lipinski definition) is 2. The van der Waals surface area contributed by atoms with Gasteiger partial charge in [-0.25, -0.2) is 0 Å². The molecule has 7 heteroatoms. The maximum Gasteiger partial charge on any atom is 0.394 e. The van der Waals surface area contributed by atoms with Crippen LogP contribution in [0.3, 0.4) is 0 Å². The van der Waals surface area contributed by atoms with Gasteiger partial charge >= 0.3 is 6.18 Å². The van der Waals surface area contributed by atoms with Crippen molar-refractivity contribution in [2.45, 2.75) is 51.1 Å². The summed E-state index contributed by atoms with van der Waals surface area (Å²) in [5.74, 6) is -0.996. The number of hydrogen-bond acceptors (Lipinski definition) is 2. The zero-order valence-electron chi connectivity index (χ0n) is 17.1. The smallest absolute Gasteiger partial charge is 0.273 e. The van der Waals surface area contributed by atoms with Gasteiger partial charge in [-0.05, 0) is 66.7 Å². The van der Waals surface area contributed by atoms with E-state index in [-0.39, 0.29) is 43.4 Å². The van der Waals surface area contributed by atoms with Gasteiger partial charge in [0, 0.05) is 0 Å². The van der Waals surface area contributed by atoms with E-state index in [4.69, 9.17) is 0 Å². The molecule has 4 fully saturated rings. The number of nitrogens with one attached hydrogen (secondary N) is 2. The van der Waals surface area contributed by atoms with Crippen molar-refractivity contribution in [2.75, 3.05) is 0 Å². The normalized spacial score (nSPS) is 31.6. The Kier molecular flexibility index (Phi) is 4.57. The molecule has 0 heterocycles. The van der Waals surface area contributed by atoms with Crippen molar-refractivity contribution in [3.05, 3.63) is 48.0 Å². The Bertz CT molecular complexity index is 1030. The second-order valence-corrected chi connectivity index (χ2v) is 9.88. The van der Waals surface area contributed by atoms with Crippen molar-refractivity contribution in [1.82, 2.24) is 10.9 Å². The molecule has 6 rings (SSSR count). The SMILES string of the molecule is O=C(Cc1ccc2ccccc2c1)NNC(=O)C12CC3CC(C1)CC(C(F)(F)F)(C3)C2. The van der Waals surface area contributed by atoms with Crippen molar-refractivity contribution in [3.8, 4) is 0 Å². The largest absolute Gasteiger partial charge is 0.394 e. The van der Waals surface area contributed by atoms with Gasteiger partial charge in [0.2, 0.25) is 11.8 Å². The standard InChI is InChI=1S/C24H25F3N2O2/c25-24(26,27)23-12-16-7-17(13-23)11-22(10-16,14-23)21(31)29-28-20(30)9-15-5-6-18-3-1-2-4-19(18)8-15/h1-6,8,16-17H,7,9-14H2,(H,28,30)(H,29,31). The molecule has 4 bridgehead atoms. The summed E-state index contributed by atoms with van der Waals surface area (Å²) in [6.45, 7) is 0. The van der Waals surface area contributed by atoms with Gasteiger partial charge in [0.05, 0.1) is 17.3 Å². The number of hydrazine groups is 1. The van der Waals surface area contributed by atoms with Crippen LogP contribution in [-0.4, -0.2) is 18.0 Å². The summed E-state index contributed by atoms with van der Waals surface area (Å²) in [5.41, 5.74) is 2.92. The first-order valence-electron chi connectivity index (χ1n) is 10.8. The van der Waals surface area contributed by atoms with Gasteiger partial charge in [-0.15, -0.1) is 0 Å². The Balaban J connectivity index is 1.25. The van der Waals surface area contributed by atoms with Crippen LogP contribution in [0.4, 0.5) is 13.2 Å². The third-order valence-electron chi connectivity index (χ3n) is 7.64. The number of benzene rings is 2. The molecule has 4 saturated carbocycles. The predicted molar refractivity (Wildman–Crippen MR) is 110 cm³/mol. The van der Waals surface area contributed by atoms with Crippen molar-refractivity contribution in [2.24, 2.45) is 22.7 Å². The van der Waals surface area contributed by atoms with Crippen LogP contribution in [0.15, 0.2) is 42.5 Å². The first-order chi connectivity index (χ1) is 14.7. The molecule has 4 aliphatic carbocycles. The number of halogens is 3. The Labute approximate surface area is 178 Å². The summed E-state index contributed by atoms with van der Waals surface area (Å²) in [4.78, 5) is 25.4. The fourth-order valence-corrected chi connectivity index (χ4v) is 6.70. The molecule has 4 nitrogen and oxygen atoms in total. The van der Waals surface area contributed by atoms with E-state index in [1.54, 1.807) is 0 Å². The van der Waals surface area contributed by atoms with E-state index in [1.165, 1.54) is 0 Å². The average molecular weight is 430 g/mol. The van der Waals surface area contributed by atoms with Gasteiger partial charge in [0.15, 0.2) is 0 Å². The number of carbonyl (C=O) groups is 2. The lowest BCUT2D eigenvalue weighted by Crippen LogP contribution is -2.62. The summed E-state index contributed by atoms with van der Waals surface area (Å²) in [6.07, 6.45) is -2.37. The molecule has 164 valence electrons. The van der Waals surface area contributed by atoms with Gasteiger partial charge in [-0.2, -0.15) is 13.2 Å².